The zero-order valence-electron chi connectivity index (χ0n) is 15.0. The third-order valence-corrected chi connectivity index (χ3v) is 5.28. The highest BCUT2D eigenvalue weighted by molar-refractivity contribution is 5.49. The first-order chi connectivity index (χ1) is 12.1. The minimum absolute atomic E-state index is 0.0967. The summed E-state index contributed by atoms with van der Waals surface area (Å²) in [6, 6.07) is 21.1. The van der Waals surface area contributed by atoms with E-state index in [2.05, 4.69) is 80.6 Å². The van der Waals surface area contributed by atoms with Crippen LogP contribution in [0, 0.1) is 11.3 Å². The van der Waals surface area contributed by atoms with Gasteiger partial charge in [-0.15, -0.1) is 0 Å². The van der Waals surface area contributed by atoms with E-state index in [-0.39, 0.29) is 5.41 Å². The first kappa shape index (κ1) is 16.6. The zero-order chi connectivity index (χ0) is 17.3. The third-order valence-electron chi connectivity index (χ3n) is 5.28. The molecule has 1 aliphatic heterocycles. The molecule has 25 heavy (non-hydrogen) atoms. The predicted octanol–water partition coefficient (Wildman–Crippen LogP) is 5.27. The van der Waals surface area contributed by atoms with E-state index in [1.807, 2.05) is 6.07 Å². The molecule has 2 aromatic carbocycles. The molecule has 2 nitrogen and oxygen atoms in total. The van der Waals surface area contributed by atoms with Gasteiger partial charge in [0, 0.05) is 17.3 Å². The van der Waals surface area contributed by atoms with Crippen LogP contribution in [-0.4, -0.2) is 19.0 Å². The zero-order valence-corrected chi connectivity index (χ0v) is 15.0. The molecule has 4 rings (SSSR count). The molecule has 2 aliphatic rings. The molecule has 2 atom stereocenters. The van der Waals surface area contributed by atoms with Gasteiger partial charge >= 0.3 is 0 Å². The van der Waals surface area contributed by atoms with Gasteiger partial charge in [-0.2, -0.15) is 0 Å². The highest BCUT2D eigenvalue weighted by Crippen LogP contribution is 2.64. The van der Waals surface area contributed by atoms with Crippen LogP contribution in [0.15, 0.2) is 66.7 Å². The molecule has 1 unspecified atom stereocenters. The third kappa shape index (κ3) is 3.29. The first-order valence-electron chi connectivity index (χ1n) is 9.15. The summed E-state index contributed by atoms with van der Waals surface area (Å²) in [5, 5.41) is 0. The molecule has 1 heterocycles. The van der Waals surface area contributed by atoms with E-state index in [0.29, 0.717) is 11.8 Å². The van der Waals surface area contributed by atoms with Crippen molar-refractivity contribution in [2.75, 3.05) is 13.2 Å². The minimum atomic E-state index is -0.433. The predicted molar refractivity (Wildman–Crippen MR) is 101 cm³/mol. The molecule has 0 bridgehead atoms. The molecule has 0 radical (unpaired) electrons. The van der Waals surface area contributed by atoms with Crippen LogP contribution in [0.1, 0.15) is 37.3 Å². The summed E-state index contributed by atoms with van der Waals surface area (Å²) in [7, 11) is 0. The monoisotopic (exact) mass is 334 g/mol. The van der Waals surface area contributed by atoms with Crippen molar-refractivity contribution in [3.8, 4) is 0 Å². The van der Waals surface area contributed by atoms with Crippen molar-refractivity contribution in [3.63, 3.8) is 0 Å². The smallest absolute Gasteiger partial charge is 0.179 e. The van der Waals surface area contributed by atoms with Crippen molar-refractivity contribution >= 4 is 6.08 Å². The lowest BCUT2D eigenvalue weighted by atomic mass is 9.95. The van der Waals surface area contributed by atoms with E-state index < -0.39 is 5.79 Å². The van der Waals surface area contributed by atoms with Gasteiger partial charge in [0.05, 0.1) is 13.2 Å². The van der Waals surface area contributed by atoms with Crippen molar-refractivity contribution in [2.45, 2.75) is 32.0 Å². The molecule has 0 amide bonds. The molecule has 1 saturated carbocycles. The molecule has 2 fully saturated rings. The fraction of sp³-hybridized carbons (Fsp3) is 0.391. The lowest BCUT2D eigenvalue weighted by Gasteiger charge is -2.36. The Balaban J connectivity index is 1.51. The fourth-order valence-electron chi connectivity index (χ4n) is 3.84. The van der Waals surface area contributed by atoms with Crippen molar-refractivity contribution in [3.05, 3.63) is 77.9 Å². The average molecular weight is 334 g/mol. The van der Waals surface area contributed by atoms with Gasteiger partial charge in [0.1, 0.15) is 0 Å². The maximum absolute atomic E-state index is 6.32. The summed E-state index contributed by atoms with van der Waals surface area (Å²) in [5.41, 5.74) is 2.65. The van der Waals surface area contributed by atoms with E-state index in [0.717, 1.165) is 19.6 Å². The molecule has 2 heteroatoms. The van der Waals surface area contributed by atoms with E-state index >= 15 is 0 Å². The Bertz CT molecular complexity index is 723. The summed E-state index contributed by atoms with van der Waals surface area (Å²) >= 11 is 0. The quantitative estimate of drug-likeness (QED) is 0.758. The molecule has 1 aliphatic carbocycles. The molecule has 0 N–H and O–H groups in total. The first-order valence-corrected chi connectivity index (χ1v) is 9.15. The highest BCUT2D eigenvalue weighted by Gasteiger charge is 2.69. The maximum atomic E-state index is 6.32. The number of ether oxygens (including phenoxy) is 2. The second kappa shape index (κ2) is 6.44. The van der Waals surface area contributed by atoms with Crippen LogP contribution in [-0.2, 0) is 9.47 Å². The molecular weight excluding hydrogens is 308 g/mol. The van der Waals surface area contributed by atoms with Crippen LogP contribution in [0.25, 0.3) is 6.08 Å². The average Bonchev–Trinajstić information content (AvgIpc) is 3.26. The lowest BCUT2D eigenvalue weighted by molar-refractivity contribution is -0.252. The SMILES string of the molecule is CC1(C)COC2(OC1)C(C/C=C/c1ccccc1)[C@@H]2c1ccccc1. The number of hydrogen-bond acceptors (Lipinski definition) is 2. The molecule has 130 valence electrons. The van der Waals surface area contributed by atoms with E-state index in [4.69, 9.17) is 9.47 Å². The molecule has 1 spiro atoms. The Hall–Kier alpha value is -1.90. The van der Waals surface area contributed by atoms with Gasteiger partial charge in [0.15, 0.2) is 5.79 Å². The van der Waals surface area contributed by atoms with Crippen LogP contribution in [0.5, 0.6) is 0 Å². The van der Waals surface area contributed by atoms with Crippen molar-refractivity contribution < 1.29 is 9.47 Å². The summed E-state index contributed by atoms with van der Waals surface area (Å²) in [6.07, 6.45) is 5.42. The Labute approximate surface area is 150 Å². The van der Waals surface area contributed by atoms with Crippen molar-refractivity contribution in [2.24, 2.45) is 11.3 Å². The summed E-state index contributed by atoms with van der Waals surface area (Å²) in [4.78, 5) is 0. The largest absolute Gasteiger partial charge is 0.348 e. The van der Waals surface area contributed by atoms with Gasteiger partial charge < -0.3 is 9.47 Å². The van der Waals surface area contributed by atoms with Gasteiger partial charge in [0.2, 0.25) is 0 Å². The normalized spacial score (nSPS) is 26.8. The van der Waals surface area contributed by atoms with Crippen LogP contribution in [0.4, 0.5) is 0 Å². The molecule has 1 saturated heterocycles. The number of rotatable bonds is 4. The molecular formula is C23H26O2. The molecule has 2 aromatic rings. The fourth-order valence-corrected chi connectivity index (χ4v) is 3.84. The Morgan fingerprint density at radius 1 is 0.920 bits per heavy atom. The van der Waals surface area contributed by atoms with Gasteiger partial charge in [-0.1, -0.05) is 86.7 Å². The standard InChI is InChI=1S/C23H26O2/c1-22(2)16-24-23(25-17-22)20(21(23)19-13-7-4-8-14-19)15-9-12-18-10-5-3-6-11-18/h3-14,20-21H,15-17H2,1-2H3/b12-9+/t20?,21-/m0/s1. The number of benzene rings is 2. The topological polar surface area (TPSA) is 18.5 Å². The second-order valence-corrected chi connectivity index (χ2v) is 8.01. The van der Waals surface area contributed by atoms with Crippen LogP contribution >= 0.6 is 0 Å². The maximum Gasteiger partial charge on any atom is 0.179 e. The Morgan fingerprint density at radius 2 is 1.52 bits per heavy atom. The summed E-state index contributed by atoms with van der Waals surface area (Å²) in [5.74, 6) is 0.272. The Kier molecular flexibility index (Phi) is 4.26. The van der Waals surface area contributed by atoms with Gasteiger partial charge in [-0.25, -0.2) is 0 Å². The van der Waals surface area contributed by atoms with Gasteiger partial charge in [-0.05, 0) is 17.5 Å². The van der Waals surface area contributed by atoms with E-state index in [1.54, 1.807) is 0 Å². The Morgan fingerprint density at radius 3 is 2.16 bits per heavy atom. The van der Waals surface area contributed by atoms with Crippen molar-refractivity contribution in [1.29, 1.82) is 0 Å². The van der Waals surface area contributed by atoms with E-state index in [1.165, 1.54) is 11.1 Å². The van der Waals surface area contributed by atoms with Crippen molar-refractivity contribution in [1.82, 2.24) is 0 Å². The van der Waals surface area contributed by atoms with Gasteiger partial charge in [0.25, 0.3) is 0 Å². The second-order valence-electron chi connectivity index (χ2n) is 8.01. The van der Waals surface area contributed by atoms with Crippen LogP contribution in [0.3, 0.4) is 0 Å². The lowest BCUT2D eigenvalue weighted by Crippen LogP contribution is -2.41. The van der Waals surface area contributed by atoms with E-state index in [9.17, 15) is 0 Å². The van der Waals surface area contributed by atoms with Gasteiger partial charge in [-0.3, -0.25) is 0 Å². The van der Waals surface area contributed by atoms with Crippen LogP contribution in [0.2, 0.25) is 0 Å². The summed E-state index contributed by atoms with van der Waals surface area (Å²) in [6.45, 7) is 5.92. The van der Waals surface area contributed by atoms with Crippen LogP contribution < -0.4 is 0 Å². The number of hydrogen-bond donors (Lipinski definition) is 0. The highest BCUT2D eigenvalue weighted by atomic mass is 16.7. The molecule has 0 aromatic heterocycles. The number of allylic oxidation sites excluding steroid dienone is 1. The summed E-state index contributed by atoms with van der Waals surface area (Å²) < 4.78 is 12.6. The minimum Gasteiger partial charge on any atom is -0.348 e.